The van der Waals surface area contributed by atoms with Crippen molar-refractivity contribution < 1.29 is 0 Å². The lowest BCUT2D eigenvalue weighted by molar-refractivity contribution is 0.763. The van der Waals surface area contributed by atoms with E-state index in [1.165, 1.54) is 0 Å². The van der Waals surface area contributed by atoms with Crippen LogP contribution in [0, 0.1) is 0 Å². The van der Waals surface area contributed by atoms with Crippen LogP contribution >= 0.6 is 11.6 Å². The van der Waals surface area contributed by atoms with Crippen LogP contribution in [0.25, 0.3) is 22.3 Å². The molecular formula is C18H17ClN6. The van der Waals surface area contributed by atoms with Crippen molar-refractivity contribution in [3.05, 3.63) is 59.0 Å². The number of halogens is 1. The summed E-state index contributed by atoms with van der Waals surface area (Å²) < 4.78 is 1.69. The summed E-state index contributed by atoms with van der Waals surface area (Å²) in [4.78, 5) is 12.9. The van der Waals surface area contributed by atoms with Crippen LogP contribution in [-0.4, -0.2) is 27.3 Å². The first-order valence-corrected chi connectivity index (χ1v) is 7.94. The molecule has 2 heterocycles. The molecule has 25 heavy (non-hydrogen) atoms. The molecule has 7 heteroatoms. The number of aromatic nitrogens is 3. The monoisotopic (exact) mass is 352 g/mol. The summed E-state index contributed by atoms with van der Waals surface area (Å²) in [6.07, 6.45) is 3.51. The van der Waals surface area contributed by atoms with Crippen LogP contribution in [0.2, 0.25) is 5.02 Å². The summed E-state index contributed by atoms with van der Waals surface area (Å²) in [6.45, 7) is 5.41. The average Bonchev–Trinajstić information content (AvgIpc) is 3.01. The molecule has 0 bridgehead atoms. The molecule has 126 valence electrons. The number of benzene rings is 1. The van der Waals surface area contributed by atoms with Crippen molar-refractivity contribution >= 4 is 46.5 Å². The van der Waals surface area contributed by atoms with Crippen molar-refractivity contribution in [3.63, 3.8) is 0 Å². The Labute approximate surface area is 150 Å². The van der Waals surface area contributed by atoms with E-state index in [1.54, 1.807) is 23.9 Å². The van der Waals surface area contributed by atoms with Crippen LogP contribution < -0.4 is 5.73 Å². The Morgan fingerprint density at radius 3 is 2.68 bits per heavy atom. The summed E-state index contributed by atoms with van der Waals surface area (Å²) in [6, 6.07) is 9.30. The number of pyridine rings is 1. The van der Waals surface area contributed by atoms with Gasteiger partial charge in [0.25, 0.3) is 0 Å². The highest BCUT2D eigenvalue weighted by Gasteiger charge is 2.14. The molecule has 6 nitrogen and oxygen atoms in total. The first kappa shape index (κ1) is 16.9. The predicted octanol–water partition coefficient (Wildman–Crippen LogP) is 3.53. The number of hydrogen-bond acceptors (Lipinski definition) is 4. The van der Waals surface area contributed by atoms with E-state index in [1.807, 2.05) is 37.5 Å². The Morgan fingerprint density at radius 2 is 2.04 bits per heavy atom. The first-order valence-electron chi connectivity index (χ1n) is 7.56. The van der Waals surface area contributed by atoms with Crippen molar-refractivity contribution in [2.24, 2.45) is 22.8 Å². The zero-order valence-corrected chi connectivity index (χ0v) is 14.7. The molecule has 3 aromatic rings. The third kappa shape index (κ3) is 3.44. The standard InChI is InChI=1S/C18H17ClN6/c1-11(20)23-18(16-7-9-25(3)24-16)17(21-2)12-4-5-15-13(10-12)14(19)6-8-22-15/h4-10H,2H2,1,3H3,(H2,20,23)/b18-17-. The van der Waals surface area contributed by atoms with Crippen LogP contribution in [0.5, 0.6) is 0 Å². The van der Waals surface area contributed by atoms with E-state index in [4.69, 9.17) is 17.3 Å². The van der Waals surface area contributed by atoms with Gasteiger partial charge >= 0.3 is 0 Å². The smallest absolute Gasteiger partial charge is 0.119 e. The van der Waals surface area contributed by atoms with Gasteiger partial charge in [0.1, 0.15) is 11.4 Å². The molecular weight excluding hydrogens is 336 g/mol. The van der Waals surface area contributed by atoms with Gasteiger partial charge in [0.05, 0.1) is 22.1 Å². The number of nitrogens with zero attached hydrogens (tertiary/aromatic N) is 5. The van der Waals surface area contributed by atoms with Crippen molar-refractivity contribution in [2.45, 2.75) is 6.92 Å². The number of amidine groups is 1. The second-order valence-corrected chi connectivity index (χ2v) is 5.92. The number of aryl methyl sites for hydroxylation is 1. The minimum atomic E-state index is 0.405. The lowest BCUT2D eigenvalue weighted by atomic mass is 10.1. The fourth-order valence-corrected chi connectivity index (χ4v) is 2.72. The number of aliphatic imine (C=N–C) groups is 2. The molecule has 0 unspecified atom stereocenters. The molecule has 0 saturated heterocycles. The van der Waals surface area contributed by atoms with Crippen LogP contribution in [-0.2, 0) is 7.05 Å². The molecule has 0 amide bonds. The van der Waals surface area contributed by atoms with Gasteiger partial charge in [-0.3, -0.25) is 14.7 Å². The molecule has 2 N–H and O–H groups in total. The molecule has 2 aromatic heterocycles. The number of hydrogen-bond donors (Lipinski definition) is 1. The minimum Gasteiger partial charge on any atom is -0.387 e. The van der Waals surface area contributed by atoms with Gasteiger partial charge in [0, 0.05) is 30.4 Å². The number of nitrogens with two attached hydrogens (primary N) is 1. The number of rotatable bonds is 4. The average molecular weight is 353 g/mol. The van der Waals surface area contributed by atoms with Gasteiger partial charge in [-0.1, -0.05) is 17.7 Å². The third-order valence-electron chi connectivity index (χ3n) is 3.59. The van der Waals surface area contributed by atoms with E-state index in [9.17, 15) is 0 Å². The molecule has 0 aliphatic rings. The summed E-state index contributed by atoms with van der Waals surface area (Å²) >= 11 is 6.30. The third-order valence-corrected chi connectivity index (χ3v) is 3.92. The Morgan fingerprint density at radius 1 is 1.24 bits per heavy atom. The summed E-state index contributed by atoms with van der Waals surface area (Å²) in [5, 5.41) is 5.86. The summed E-state index contributed by atoms with van der Waals surface area (Å²) in [5.74, 6) is 0.405. The normalized spacial score (nSPS) is 13.0. The molecule has 0 saturated carbocycles. The molecule has 0 aliphatic heterocycles. The molecule has 0 radical (unpaired) electrons. The quantitative estimate of drug-likeness (QED) is 0.576. The minimum absolute atomic E-state index is 0.405. The van der Waals surface area contributed by atoms with E-state index >= 15 is 0 Å². The van der Waals surface area contributed by atoms with Gasteiger partial charge in [-0.15, -0.1) is 0 Å². The van der Waals surface area contributed by atoms with Gasteiger partial charge in [-0.2, -0.15) is 5.10 Å². The second-order valence-electron chi connectivity index (χ2n) is 5.51. The Balaban J connectivity index is 2.28. The molecule has 0 atom stereocenters. The van der Waals surface area contributed by atoms with Crippen molar-refractivity contribution in [2.75, 3.05) is 0 Å². The maximum absolute atomic E-state index is 6.30. The number of fused-ring (bicyclic) bond motifs is 1. The SMILES string of the molecule is C=N/C(=C(\N=C(C)N)c1ccn(C)n1)c1ccc2nccc(Cl)c2c1. The predicted molar refractivity (Wildman–Crippen MR) is 104 cm³/mol. The topological polar surface area (TPSA) is 81.5 Å². The van der Waals surface area contributed by atoms with E-state index in [0.717, 1.165) is 16.5 Å². The zero-order valence-electron chi connectivity index (χ0n) is 13.9. The maximum atomic E-state index is 6.30. The summed E-state index contributed by atoms with van der Waals surface area (Å²) in [5.41, 5.74) is 9.21. The van der Waals surface area contributed by atoms with Crippen LogP contribution in [0.4, 0.5) is 0 Å². The molecule has 0 aliphatic carbocycles. The van der Waals surface area contributed by atoms with E-state index < -0.39 is 0 Å². The van der Waals surface area contributed by atoms with Crippen molar-refractivity contribution in [1.29, 1.82) is 0 Å². The summed E-state index contributed by atoms with van der Waals surface area (Å²) in [7, 11) is 1.84. The highest BCUT2D eigenvalue weighted by Crippen LogP contribution is 2.31. The molecule has 1 aromatic carbocycles. The van der Waals surface area contributed by atoms with Gasteiger partial charge in [0.2, 0.25) is 0 Å². The highest BCUT2D eigenvalue weighted by molar-refractivity contribution is 6.35. The van der Waals surface area contributed by atoms with E-state index in [2.05, 4.69) is 26.8 Å². The van der Waals surface area contributed by atoms with Crippen LogP contribution in [0.1, 0.15) is 18.2 Å². The van der Waals surface area contributed by atoms with Crippen LogP contribution in [0.15, 0.2) is 52.7 Å². The Kier molecular flexibility index (Phi) is 4.63. The highest BCUT2D eigenvalue weighted by atomic mass is 35.5. The Hall–Kier alpha value is -2.99. The molecule has 0 fully saturated rings. The fourth-order valence-electron chi connectivity index (χ4n) is 2.51. The largest absolute Gasteiger partial charge is 0.387 e. The Bertz CT molecular complexity index is 1010. The van der Waals surface area contributed by atoms with Crippen molar-refractivity contribution in [1.82, 2.24) is 14.8 Å². The second kappa shape index (κ2) is 6.86. The maximum Gasteiger partial charge on any atom is 0.119 e. The molecule has 0 spiro atoms. The van der Waals surface area contributed by atoms with E-state index in [-0.39, 0.29) is 0 Å². The van der Waals surface area contributed by atoms with Crippen molar-refractivity contribution in [3.8, 4) is 0 Å². The zero-order chi connectivity index (χ0) is 18.0. The van der Waals surface area contributed by atoms with Gasteiger partial charge in [-0.25, -0.2) is 4.99 Å². The van der Waals surface area contributed by atoms with Gasteiger partial charge in [0.15, 0.2) is 0 Å². The lowest BCUT2D eigenvalue weighted by Crippen LogP contribution is -2.06. The van der Waals surface area contributed by atoms with Crippen LogP contribution in [0.3, 0.4) is 0 Å². The first-order chi connectivity index (χ1) is 12.0. The van der Waals surface area contributed by atoms with Gasteiger partial charge in [-0.05, 0) is 37.9 Å². The fraction of sp³-hybridized carbons (Fsp3) is 0.111. The van der Waals surface area contributed by atoms with Gasteiger partial charge < -0.3 is 5.73 Å². The lowest BCUT2D eigenvalue weighted by Gasteiger charge is -2.09. The van der Waals surface area contributed by atoms with E-state index in [0.29, 0.717) is 27.9 Å². The molecule has 3 rings (SSSR count).